The first-order chi connectivity index (χ1) is 8.04. The molecule has 94 valence electrons. The molecule has 0 heterocycles. The SMILES string of the molecule is CCC(C(=O)OC)c1cc(C)c(OC)c(C)c1. The molecule has 1 atom stereocenters. The van der Waals surface area contributed by atoms with Crippen molar-refractivity contribution in [1.29, 1.82) is 0 Å². The van der Waals surface area contributed by atoms with Crippen LogP contribution >= 0.6 is 0 Å². The Bertz CT molecular complexity index is 387. The molecular weight excluding hydrogens is 216 g/mol. The number of benzene rings is 1. The van der Waals surface area contributed by atoms with Crippen LogP contribution in [0.15, 0.2) is 12.1 Å². The molecule has 0 bridgehead atoms. The van der Waals surface area contributed by atoms with Crippen LogP contribution in [0, 0.1) is 13.8 Å². The van der Waals surface area contributed by atoms with Gasteiger partial charge in [0.25, 0.3) is 0 Å². The summed E-state index contributed by atoms with van der Waals surface area (Å²) in [5, 5.41) is 0. The molecule has 0 aromatic heterocycles. The normalized spacial score (nSPS) is 12.1. The zero-order valence-corrected chi connectivity index (χ0v) is 11.2. The summed E-state index contributed by atoms with van der Waals surface area (Å²) >= 11 is 0. The lowest BCUT2D eigenvalue weighted by atomic mass is 9.93. The highest BCUT2D eigenvalue weighted by atomic mass is 16.5. The molecule has 0 aliphatic carbocycles. The van der Waals surface area contributed by atoms with E-state index in [1.54, 1.807) is 7.11 Å². The summed E-state index contributed by atoms with van der Waals surface area (Å²) in [6.45, 7) is 5.95. The third-order valence-corrected chi connectivity index (χ3v) is 2.98. The molecule has 0 spiro atoms. The Hall–Kier alpha value is -1.51. The fraction of sp³-hybridized carbons (Fsp3) is 0.500. The predicted octanol–water partition coefficient (Wildman–Crippen LogP) is 2.98. The van der Waals surface area contributed by atoms with Crippen LogP contribution in [0.25, 0.3) is 0 Å². The second kappa shape index (κ2) is 5.71. The van der Waals surface area contributed by atoms with Crippen molar-refractivity contribution in [3.8, 4) is 5.75 Å². The van der Waals surface area contributed by atoms with Crippen LogP contribution in [-0.2, 0) is 9.53 Å². The summed E-state index contributed by atoms with van der Waals surface area (Å²) in [4.78, 5) is 11.7. The van der Waals surface area contributed by atoms with E-state index in [1.165, 1.54) is 7.11 Å². The van der Waals surface area contributed by atoms with Crippen LogP contribution in [-0.4, -0.2) is 20.2 Å². The topological polar surface area (TPSA) is 35.5 Å². The lowest BCUT2D eigenvalue weighted by Gasteiger charge is -2.16. The van der Waals surface area contributed by atoms with Gasteiger partial charge in [0.05, 0.1) is 20.1 Å². The molecule has 0 radical (unpaired) electrons. The lowest BCUT2D eigenvalue weighted by Crippen LogP contribution is -2.14. The second-order valence-corrected chi connectivity index (χ2v) is 4.17. The van der Waals surface area contributed by atoms with Gasteiger partial charge >= 0.3 is 5.97 Å². The van der Waals surface area contributed by atoms with Gasteiger partial charge in [0.2, 0.25) is 0 Å². The summed E-state index contributed by atoms with van der Waals surface area (Å²) in [6, 6.07) is 3.99. The van der Waals surface area contributed by atoms with Crippen molar-refractivity contribution >= 4 is 5.97 Å². The van der Waals surface area contributed by atoms with E-state index in [-0.39, 0.29) is 11.9 Å². The molecule has 17 heavy (non-hydrogen) atoms. The minimum absolute atomic E-state index is 0.184. The Morgan fingerprint density at radius 2 is 1.76 bits per heavy atom. The highest BCUT2D eigenvalue weighted by Crippen LogP contribution is 2.29. The van der Waals surface area contributed by atoms with E-state index in [2.05, 4.69) is 0 Å². The molecule has 0 amide bonds. The molecule has 0 saturated heterocycles. The van der Waals surface area contributed by atoms with Gasteiger partial charge in [-0.25, -0.2) is 0 Å². The van der Waals surface area contributed by atoms with Crippen LogP contribution in [0.1, 0.15) is 36.0 Å². The van der Waals surface area contributed by atoms with Gasteiger partial charge in [-0.2, -0.15) is 0 Å². The van der Waals surface area contributed by atoms with Crippen LogP contribution in [0.4, 0.5) is 0 Å². The Labute approximate surface area is 103 Å². The third kappa shape index (κ3) is 2.78. The highest BCUT2D eigenvalue weighted by Gasteiger charge is 2.20. The zero-order valence-electron chi connectivity index (χ0n) is 11.2. The quantitative estimate of drug-likeness (QED) is 0.754. The smallest absolute Gasteiger partial charge is 0.313 e. The van der Waals surface area contributed by atoms with Crippen LogP contribution in [0.3, 0.4) is 0 Å². The largest absolute Gasteiger partial charge is 0.496 e. The van der Waals surface area contributed by atoms with Gasteiger partial charge in [0, 0.05) is 0 Å². The summed E-state index contributed by atoms with van der Waals surface area (Å²) in [6.07, 6.45) is 0.734. The van der Waals surface area contributed by atoms with Crippen molar-refractivity contribution in [3.63, 3.8) is 0 Å². The number of hydrogen-bond donors (Lipinski definition) is 0. The fourth-order valence-electron chi connectivity index (χ4n) is 2.19. The zero-order chi connectivity index (χ0) is 13.0. The highest BCUT2D eigenvalue weighted by molar-refractivity contribution is 5.78. The maximum Gasteiger partial charge on any atom is 0.313 e. The number of methoxy groups -OCH3 is 2. The molecule has 0 aliphatic heterocycles. The average Bonchev–Trinajstić information content (AvgIpc) is 2.29. The van der Waals surface area contributed by atoms with Crippen molar-refractivity contribution in [2.75, 3.05) is 14.2 Å². The molecule has 0 aliphatic rings. The van der Waals surface area contributed by atoms with Crippen LogP contribution in [0.5, 0.6) is 5.75 Å². The Morgan fingerprint density at radius 3 is 2.12 bits per heavy atom. The van der Waals surface area contributed by atoms with E-state index in [4.69, 9.17) is 9.47 Å². The summed E-state index contributed by atoms with van der Waals surface area (Å²) in [5.41, 5.74) is 3.09. The number of carbonyl (C=O) groups excluding carboxylic acids is 1. The number of hydrogen-bond acceptors (Lipinski definition) is 3. The molecule has 3 heteroatoms. The molecular formula is C14H20O3. The minimum Gasteiger partial charge on any atom is -0.496 e. The molecule has 0 saturated carbocycles. The first-order valence-corrected chi connectivity index (χ1v) is 5.78. The second-order valence-electron chi connectivity index (χ2n) is 4.17. The van der Waals surface area contributed by atoms with E-state index < -0.39 is 0 Å². The van der Waals surface area contributed by atoms with Gasteiger partial charge < -0.3 is 9.47 Å². The Morgan fingerprint density at radius 1 is 1.24 bits per heavy atom. The standard InChI is InChI=1S/C14H20O3/c1-6-12(14(15)17-5)11-7-9(2)13(16-4)10(3)8-11/h7-8,12H,6H2,1-5H3. The predicted molar refractivity (Wildman–Crippen MR) is 67.5 cm³/mol. The number of esters is 1. The van der Waals surface area contributed by atoms with E-state index in [0.29, 0.717) is 0 Å². The Kier molecular flexibility index (Phi) is 4.55. The van der Waals surface area contributed by atoms with Crippen LogP contribution in [0.2, 0.25) is 0 Å². The van der Waals surface area contributed by atoms with Gasteiger partial charge in [-0.3, -0.25) is 4.79 Å². The van der Waals surface area contributed by atoms with Crippen molar-refractivity contribution in [2.24, 2.45) is 0 Å². The molecule has 1 rings (SSSR count). The van der Waals surface area contributed by atoms with Crippen molar-refractivity contribution in [2.45, 2.75) is 33.1 Å². The van der Waals surface area contributed by atoms with Gasteiger partial charge in [0.1, 0.15) is 5.75 Å². The molecule has 1 aromatic rings. The van der Waals surface area contributed by atoms with Crippen molar-refractivity contribution < 1.29 is 14.3 Å². The molecule has 1 unspecified atom stereocenters. The first kappa shape index (κ1) is 13.6. The summed E-state index contributed by atoms with van der Waals surface area (Å²) in [7, 11) is 3.08. The maximum absolute atomic E-state index is 11.7. The number of aryl methyl sites for hydroxylation is 2. The van der Waals surface area contributed by atoms with Gasteiger partial charge in [-0.05, 0) is 37.0 Å². The number of rotatable bonds is 4. The first-order valence-electron chi connectivity index (χ1n) is 5.78. The van der Waals surface area contributed by atoms with Crippen LogP contribution < -0.4 is 4.74 Å². The average molecular weight is 236 g/mol. The van der Waals surface area contributed by atoms with Crippen molar-refractivity contribution in [3.05, 3.63) is 28.8 Å². The fourth-order valence-corrected chi connectivity index (χ4v) is 2.19. The van der Waals surface area contributed by atoms with E-state index in [1.807, 2.05) is 32.9 Å². The monoisotopic (exact) mass is 236 g/mol. The Balaban J connectivity index is 3.18. The molecule has 3 nitrogen and oxygen atoms in total. The van der Waals surface area contributed by atoms with E-state index in [0.717, 1.165) is 28.9 Å². The third-order valence-electron chi connectivity index (χ3n) is 2.98. The summed E-state index contributed by atoms with van der Waals surface area (Å²) in [5.74, 6) is 0.508. The van der Waals surface area contributed by atoms with E-state index >= 15 is 0 Å². The van der Waals surface area contributed by atoms with Gasteiger partial charge in [-0.1, -0.05) is 19.1 Å². The summed E-state index contributed by atoms with van der Waals surface area (Å²) < 4.78 is 10.1. The van der Waals surface area contributed by atoms with Gasteiger partial charge in [-0.15, -0.1) is 0 Å². The maximum atomic E-state index is 11.7. The molecule has 0 N–H and O–H groups in total. The van der Waals surface area contributed by atoms with E-state index in [9.17, 15) is 4.79 Å². The van der Waals surface area contributed by atoms with Crippen molar-refractivity contribution in [1.82, 2.24) is 0 Å². The van der Waals surface area contributed by atoms with Gasteiger partial charge in [0.15, 0.2) is 0 Å². The molecule has 1 aromatic carbocycles. The minimum atomic E-state index is -0.191. The molecule has 0 fully saturated rings. The lowest BCUT2D eigenvalue weighted by molar-refractivity contribution is -0.142. The number of ether oxygens (including phenoxy) is 2. The number of carbonyl (C=O) groups is 1.